The van der Waals surface area contributed by atoms with Crippen LogP contribution in [0.25, 0.3) is 0 Å². The van der Waals surface area contributed by atoms with Crippen LogP contribution in [0, 0.1) is 11.8 Å². The highest BCUT2D eigenvalue weighted by Crippen LogP contribution is 2.44. The van der Waals surface area contributed by atoms with E-state index in [2.05, 4.69) is 6.58 Å². The largest absolute Gasteiger partial charge is 0.0996 e. The Kier molecular flexibility index (Phi) is 1.55. The van der Waals surface area contributed by atoms with E-state index in [4.69, 9.17) is 0 Å². The van der Waals surface area contributed by atoms with E-state index in [1.54, 1.807) is 5.57 Å². The summed E-state index contributed by atoms with van der Waals surface area (Å²) in [6.45, 7) is 4.16. The molecular formula is C10H16. The quantitative estimate of drug-likeness (QED) is 0.449. The van der Waals surface area contributed by atoms with Gasteiger partial charge in [0.05, 0.1) is 0 Å². The molecule has 0 unspecified atom stereocenters. The van der Waals surface area contributed by atoms with Crippen molar-refractivity contribution in [2.75, 3.05) is 0 Å². The second-order valence-corrected chi connectivity index (χ2v) is 3.85. The van der Waals surface area contributed by atoms with Gasteiger partial charge in [-0.2, -0.15) is 0 Å². The summed E-state index contributed by atoms with van der Waals surface area (Å²) in [7, 11) is 0. The van der Waals surface area contributed by atoms with E-state index < -0.39 is 0 Å². The van der Waals surface area contributed by atoms with Crippen molar-refractivity contribution in [2.24, 2.45) is 11.8 Å². The molecule has 2 saturated carbocycles. The first-order valence-corrected chi connectivity index (χ1v) is 4.55. The third kappa shape index (κ3) is 0.902. The molecule has 2 rings (SSSR count). The Labute approximate surface area is 63.3 Å². The Morgan fingerprint density at radius 1 is 1.10 bits per heavy atom. The zero-order valence-corrected chi connectivity index (χ0v) is 6.60. The standard InChI is InChI=1S/C10H16/c1-8-4-2-5-9-6-3-7-10(8)9/h9-10H,1-7H2/t9-,10-/m1/s1. The first-order valence-electron chi connectivity index (χ1n) is 4.55. The van der Waals surface area contributed by atoms with Crippen molar-refractivity contribution < 1.29 is 0 Å². The maximum Gasteiger partial charge on any atom is -0.0178 e. The van der Waals surface area contributed by atoms with Gasteiger partial charge in [0, 0.05) is 0 Å². The lowest BCUT2D eigenvalue weighted by Crippen LogP contribution is -2.15. The molecule has 2 fully saturated rings. The Hall–Kier alpha value is -0.260. The third-order valence-electron chi connectivity index (χ3n) is 3.26. The van der Waals surface area contributed by atoms with Crippen LogP contribution in [-0.4, -0.2) is 0 Å². The molecule has 0 spiro atoms. The molecule has 0 aromatic carbocycles. The van der Waals surface area contributed by atoms with Crippen LogP contribution in [0.4, 0.5) is 0 Å². The Bertz CT molecular complexity index is 146. The highest BCUT2D eigenvalue weighted by atomic mass is 14.4. The summed E-state index contributed by atoms with van der Waals surface area (Å²) in [6, 6.07) is 0. The maximum atomic E-state index is 4.16. The average molecular weight is 136 g/mol. The minimum Gasteiger partial charge on any atom is -0.0996 e. The molecule has 0 amide bonds. The third-order valence-corrected chi connectivity index (χ3v) is 3.26. The summed E-state index contributed by atoms with van der Waals surface area (Å²) in [6.07, 6.45) is 8.63. The molecule has 0 aromatic rings. The molecule has 0 aromatic heterocycles. The van der Waals surface area contributed by atoms with Gasteiger partial charge in [-0.25, -0.2) is 0 Å². The summed E-state index contributed by atoms with van der Waals surface area (Å²) in [5.41, 5.74) is 1.56. The van der Waals surface area contributed by atoms with Gasteiger partial charge in [-0.3, -0.25) is 0 Å². The second kappa shape index (κ2) is 2.41. The first-order chi connectivity index (χ1) is 4.88. The van der Waals surface area contributed by atoms with E-state index >= 15 is 0 Å². The zero-order valence-electron chi connectivity index (χ0n) is 6.60. The summed E-state index contributed by atoms with van der Waals surface area (Å²) >= 11 is 0. The summed E-state index contributed by atoms with van der Waals surface area (Å²) in [5.74, 6) is 1.98. The molecule has 0 N–H and O–H groups in total. The van der Waals surface area contributed by atoms with Gasteiger partial charge in [-0.15, -0.1) is 0 Å². The number of hydrogen-bond donors (Lipinski definition) is 0. The van der Waals surface area contributed by atoms with E-state index in [0.29, 0.717) is 0 Å². The van der Waals surface area contributed by atoms with Crippen LogP contribution in [0.5, 0.6) is 0 Å². The fourth-order valence-corrected chi connectivity index (χ4v) is 2.70. The minimum absolute atomic E-state index is 0.939. The van der Waals surface area contributed by atoms with Crippen LogP contribution in [-0.2, 0) is 0 Å². The molecule has 2 atom stereocenters. The highest BCUT2D eigenvalue weighted by molar-refractivity contribution is 5.08. The highest BCUT2D eigenvalue weighted by Gasteiger charge is 2.31. The molecule has 2 aliphatic rings. The van der Waals surface area contributed by atoms with Crippen molar-refractivity contribution in [1.29, 1.82) is 0 Å². The fourth-order valence-electron chi connectivity index (χ4n) is 2.70. The Morgan fingerprint density at radius 3 is 2.70 bits per heavy atom. The molecule has 0 bridgehead atoms. The molecule has 0 radical (unpaired) electrons. The number of hydrogen-bond acceptors (Lipinski definition) is 0. The summed E-state index contributed by atoms with van der Waals surface area (Å²) < 4.78 is 0. The van der Waals surface area contributed by atoms with Crippen LogP contribution in [0.15, 0.2) is 12.2 Å². The van der Waals surface area contributed by atoms with Crippen LogP contribution in [0.1, 0.15) is 38.5 Å². The lowest BCUT2D eigenvalue weighted by atomic mass is 9.79. The van der Waals surface area contributed by atoms with Gasteiger partial charge in [-0.05, 0) is 43.9 Å². The van der Waals surface area contributed by atoms with Gasteiger partial charge in [-0.1, -0.05) is 18.6 Å². The molecule has 0 saturated heterocycles. The number of fused-ring (bicyclic) bond motifs is 1. The zero-order chi connectivity index (χ0) is 6.97. The average Bonchev–Trinajstić information content (AvgIpc) is 2.36. The molecule has 56 valence electrons. The molecule has 0 heteroatoms. The van der Waals surface area contributed by atoms with E-state index in [1.165, 1.54) is 38.5 Å². The van der Waals surface area contributed by atoms with E-state index in [1.807, 2.05) is 0 Å². The van der Waals surface area contributed by atoms with Crippen molar-refractivity contribution >= 4 is 0 Å². The molecule has 2 aliphatic carbocycles. The molecule has 10 heavy (non-hydrogen) atoms. The van der Waals surface area contributed by atoms with Gasteiger partial charge in [0.2, 0.25) is 0 Å². The predicted octanol–water partition coefficient (Wildman–Crippen LogP) is 3.14. The van der Waals surface area contributed by atoms with Crippen LogP contribution < -0.4 is 0 Å². The Morgan fingerprint density at radius 2 is 1.90 bits per heavy atom. The molecule has 0 aliphatic heterocycles. The number of allylic oxidation sites excluding steroid dienone is 1. The van der Waals surface area contributed by atoms with Crippen molar-refractivity contribution in [3.63, 3.8) is 0 Å². The molecule has 0 nitrogen and oxygen atoms in total. The van der Waals surface area contributed by atoms with Crippen molar-refractivity contribution in [1.82, 2.24) is 0 Å². The molecular weight excluding hydrogens is 120 g/mol. The van der Waals surface area contributed by atoms with E-state index in [-0.39, 0.29) is 0 Å². The summed E-state index contributed by atoms with van der Waals surface area (Å²) in [5, 5.41) is 0. The SMILES string of the molecule is C=C1CCC[C@@H]2CCC[C@H]12. The van der Waals surface area contributed by atoms with Crippen LogP contribution in [0.3, 0.4) is 0 Å². The maximum absolute atomic E-state index is 4.16. The van der Waals surface area contributed by atoms with Gasteiger partial charge >= 0.3 is 0 Å². The topological polar surface area (TPSA) is 0 Å². The van der Waals surface area contributed by atoms with E-state index in [0.717, 1.165) is 11.8 Å². The predicted molar refractivity (Wildman–Crippen MR) is 43.8 cm³/mol. The van der Waals surface area contributed by atoms with Gasteiger partial charge < -0.3 is 0 Å². The lowest BCUT2D eigenvalue weighted by Gasteiger charge is -2.27. The van der Waals surface area contributed by atoms with Gasteiger partial charge in [0.25, 0.3) is 0 Å². The van der Waals surface area contributed by atoms with Crippen molar-refractivity contribution in [2.45, 2.75) is 38.5 Å². The second-order valence-electron chi connectivity index (χ2n) is 3.85. The monoisotopic (exact) mass is 136 g/mol. The summed E-state index contributed by atoms with van der Waals surface area (Å²) in [4.78, 5) is 0. The van der Waals surface area contributed by atoms with Crippen LogP contribution >= 0.6 is 0 Å². The Balaban J connectivity index is 2.10. The minimum atomic E-state index is 0.939. The smallest absolute Gasteiger partial charge is 0.0178 e. The van der Waals surface area contributed by atoms with Crippen molar-refractivity contribution in [3.05, 3.63) is 12.2 Å². The van der Waals surface area contributed by atoms with Gasteiger partial charge in [0.15, 0.2) is 0 Å². The number of rotatable bonds is 0. The van der Waals surface area contributed by atoms with Crippen LogP contribution in [0.2, 0.25) is 0 Å². The van der Waals surface area contributed by atoms with Crippen molar-refractivity contribution in [3.8, 4) is 0 Å². The molecule has 0 heterocycles. The van der Waals surface area contributed by atoms with E-state index in [9.17, 15) is 0 Å². The first kappa shape index (κ1) is 6.45. The fraction of sp³-hybridized carbons (Fsp3) is 0.800. The lowest BCUT2D eigenvalue weighted by molar-refractivity contribution is 0.350. The normalized spacial score (nSPS) is 39.8. The van der Waals surface area contributed by atoms with Gasteiger partial charge in [0.1, 0.15) is 0 Å².